The molecule has 0 spiro atoms. The first-order valence-corrected chi connectivity index (χ1v) is 8.73. The molecule has 0 unspecified atom stereocenters. The fourth-order valence-electron chi connectivity index (χ4n) is 2.39. The standard InChI is InChI=1S/C13H15Cl2NO5S/c1-21-12-10(3-2-9(14)11(12)15)22(19,20)16-6-4-8(5-7-16)13(17)18/h2-3,8H,4-7H2,1H3,(H,17,18). The maximum Gasteiger partial charge on any atom is 0.306 e. The van der Waals surface area contributed by atoms with Crippen molar-refractivity contribution in [2.45, 2.75) is 17.7 Å². The number of methoxy groups -OCH3 is 1. The highest BCUT2D eigenvalue weighted by Gasteiger charge is 2.34. The average Bonchev–Trinajstić information content (AvgIpc) is 2.49. The second-order valence-corrected chi connectivity index (χ2v) is 7.60. The van der Waals surface area contributed by atoms with E-state index in [1.165, 1.54) is 23.5 Å². The molecule has 1 aliphatic heterocycles. The molecular formula is C13H15Cl2NO5S. The molecule has 0 amide bonds. The van der Waals surface area contributed by atoms with Gasteiger partial charge >= 0.3 is 5.97 Å². The van der Waals surface area contributed by atoms with Crippen LogP contribution in [0, 0.1) is 5.92 Å². The molecule has 6 nitrogen and oxygen atoms in total. The van der Waals surface area contributed by atoms with Crippen LogP contribution in [0.1, 0.15) is 12.8 Å². The lowest BCUT2D eigenvalue weighted by atomic mass is 9.99. The summed E-state index contributed by atoms with van der Waals surface area (Å²) in [5.41, 5.74) is 0. The maximum atomic E-state index is 12.7. The summed E-state index contributed by atoms with van der Waals surface area (Å²) >= 11 is 11.9. The number of ether oxygens (including phenoxy) is 1. The number of halogens is 2. The number of hydrogen-bond acceptors (Lipinski definition) is 4. The quantitative estimate of drug-likeness (QED) is 0.883. The maximum absolute atomic E-state index is 12.7. The number of rotatable bonds is 4. The van der Waals surface area contributed by atoms with Crippen LogP contribution in [0.5, 0.6) is 5.75 Å². The smallest absolute Gasteiger partial charge is 0.306 e. The molecule has 122 valence electrons. The molecule has 1 aromatic rings. The lowest BCUT2D eigenvalue weighted by Crippen LogP contribution is -2.40. The fourth-order valence-corrected chi connectivity index (χ4v) is 4.47. The Morgan fingerprint density at radius 1 is 1.32 bits per heavy atom. The van der Waals surface area contributed by atoms with E-state index in [1.807, 2.05) is 0 Å². The molecule has 1 fully saturated rings. The van der Waals surface area contributed by atoms with Crippen molar-refractivity contribution < 1.29 is 23.1 Å². The highest BCUT2D eigenvalue weighted by atomic mass is 35.5. The van der Waals surface area contributed by atoms with Crippen molar-refractivity contribution in [1.29, 1.82) is 0 Å². The van der Waals surface area contributed by atoms with Crippen molar-refractivity contribution in [3.8, 4) is 5.75 Å². The SMILES string of the molecule is COc1c(S(=O)(=O)N2CCC(C(=O)O)CC2)ccc(Cl)c1Cl. The van der Waals surface area contributed by atoms with E-state index in [9.17, 15) is 13.2 Å². The number of carboxylic acid groups (broad SMARTS) is 1. The van der Waals surface area contributed by atoms with E-state index in [4.69, 9.17) is 33.0 Å². The predicted octanol–water partition coefficient (Wildman–Crippen LogP) is 2.49. The van der Waals surface area contributed by atoms with Gasteiger partial charge in [-0.2, -0.15) is 4.31 Å². The summed E-state index contributed by atoms with van der Waals surface area (Å²) < 4.78 is 31.7. The third kappa shape index (κ3) is 3.17. The van der Waals surface area contributed by atoms with Crippen molar-refractivity contribution >= 4 is 39.2 Å². The van der Waals surface area contributed by atoms with Crippen LogP contribution in [-0.2, 0) is 14.8 Å². The second kappa shape index (κ2) is 6.62. The molecule has 0 radical (unpaired) electrons. The molecule has 0 aliphatic carbocycles. The van der Waals surface area contributed by atoms with Crippen LogP contribution in [0.4, 0.5) is 0 Å². The summed E-state index contributed by atoms with van der Waals surface area (Å²) in [5.74, 6) is -1.42. The van der Waals surface area contributed by atoms with Gasteiger partial charge in [0.25, 0.3) is 0 Å². The molecule has 0 bridgehead atoms. The zero-order chi connectivity index (χ0) is 16.5. The first-order chi connectivity index (χ1) is 10.3. The van der Waals surface area contributed by atoms with Gasteiger partial charge in [-0.05, 0) is 25.0 Å². The van der Waals surface area contributed by atoms with Gasteiger partial charge in [0, 0.05) is 13.1 Å². The lowest BCUT2D eigenvalue weighted by molar-refractivity contribution is -0.142. The van der Waals surface area contributed by atoms with Crippen LogP contribution in [0.3, 0.4) is 0 Å². The van der Waals surface area contributed by atoms with Gasteiger partial charge in [0.15, 0.2) is 5.75 Å². The minimum atomic E-state index is -3.82. The van der Waals surface area contributed by atoms with E-state index in [0.29, 0.717) is 0 Å². The molecule has 1 saturated heterocycles. The Bertz CT molecular complexity index is 684. The molecule has 1 heterocycles. The Kier molecular flexibility index (Phi) is 5.21. The van der Waals surface area contributed by atoms with Gasteiger partial charge in [-0.1, -0.05) is 23.2 Å². The molecule has 1 aromatic carbocycles. The summed E-state index contributed by atoms with van der Waals surface area (Å²) in [5, 5.41) is 9.20. The molecule has 1 aliphatic rings. The van der Waals surface area contributed by atoms with E-state index >= 15 is 0 Å². The van der Waals surface area contributed by atoms with Crippen molar-refractivity contribution in [3.05, 3.63) is 22.2 Å². The summed E-state index contributed by atoms with van der Waals surface area (Å²) in [4.78, 5) is 10.9. The topological polar surface area (TPSA) is 83.9 Å². The molecule has 1 N–H and O–H groups in total. The van der Waals surface area contributed by atoms with Gasteiger partial charge in [0.2, 0.25) is 10.0 Å². The summed E-state index contributed by atoms with van der Waals surface area (Å²) in [6.45, 7) is 0.283. The zero-order valence-corrected chi connectivity index (χ0v) is 14.1. The van der Waals surface area contributed by atoms with Gasteiger partial charge in [-0.3, -0.25) is 4.79 Å². The summed E-state index contributed by atoms with van der Waals surface area (Å²) in [6.07, 6.45) is 0.552. The van der Waals surface area contributed by atoms with Crippen molar-refractivity contribution in [1.82, 2.24) is 4.31 Å². The lowest BCUT2D eigenvalue weighted by Gasteiger charge is -2.29. The van der Waals surface area contributed by atoms with Gasteiger partial charge < -0.3 is 9.84 Å². The van der Waals surface area contributed by atoms with E-state index < -0.39 is 21.9 Å². The van der Waals surface area contributed by atoms with Crippen LogP contribution >= 0.6 is 23.2 Å². The minimum absolute atomic E-state index is 0.00507. The Morgan fingerprint density at radius 2 is 1.91 bits per heavy atom. The van der Waals surface area contributed by atoms with Gasteiger partial charge in [0.1, 0.15) is 9.92 Å². The third-order valence-corrected chi connectivity index (χ3v) is 6.35. The molecular weight excluding hydrogens is 353 g/mol. The largest absolute Gasteiger partial charge is 0.494 e. The summed E-state index contributed by atoms with van der Waals surface area (Å²) in [6, 6.07) is 2.73. The number of sulfonamides is 1. The van der Waals surface area contributed by atoms with E-state index in [-0.39, 0.29) is 46.6 Å². The number of nitrogens with zero attached hydrogens (tertiary/aromatic N) is 1. The zero-order valence-electron chi connectivity index (χ0n) is 11.8. The minimum Gasteiger partial charge on any atom is -0.494 e. The second-order valence-electron chi connectivity index (χ2n) is 4.91. The van der Waals surface area contributed by atoms with Gasteiger partial charge in [-0.15, -0.1) is 0 Å². The molecule has 0 saturated carbocycles. The van der Waals surface area contributed by atoms with E-state index in [2.05, 4.69) is 0 Å². The van der Waals surface area contributed by atoms with Crippen LogP contribution in [0.25, 0.3) is 0 Å². The Hall–Kier alpha value is -1.02. The van der Waals surface area contributed by atoms with Crippen LogP contribution in [0.15, 0.2) is 17.0 Å². The average molecular weight is 368 g/mol. The van der Waals surface area contributed by atoms with E-state index in [1.54, 1.807) is 0 Å². The van der Waals surface area contributed by atoms with Crippen molar-refractivity contribution in [2.24, 2.45) is 5.92 Å². The van der Waals surface area contributed by atoms with Gasteiger partial charge in [-0.25, -0.2) is 8.42 Å². The van der Waals surface area contributed by atoms with Gasteiger partial charge in [0.05, 0.1) is 18.1 Å². The molecule has 22 heavy (non-hydrogen) atoms. The summed E-state index contributed by atoms with van der Waals surface area (Å²) in [7, 11) is -2.51. The Balaban J connectivity index is 2.33. The number of carbonyl (C=O) groups is 1. The Labute approximate surface area is 138 Å². The highest BCUT2D eigenvalue weighted by Crippen LogP contribution is 2.39. The Morgan fingerprint density at radius 3 is 2.41 bits per heavy atom. The number of benzene rings is 1. The molecule has 9 heteroatoms. The third-order valence-electron chi connectivity index (χ3n) is 3.64. The normalized spacial score (nSPS) is 17.4. The van der Waals surface area contributed by atoms with E-state index in [0.717, 1.165) is 0 Å². The van der Waals surface area contributed by atoms with Crippen LogP contribution < -0.4 is 4.74 Å². The number of piperidine rings is 1. The predicted molar refractivity (Wildman–Crippen MR) is 82.1 cm³/mol. The molecule has 2 rings (SSSR count). The number of carboxylic acids is 1. The van der Waals surface area contributed by atoms with Crippen LogP contribution in [0.2, 0.25) is 10.0 Å². The molecule has 0 aromatic heterocycles. The highest BCUT2D eigenvalue weighted by molar-refractivity contribution is 7.89. The number of hydrogen-bond donors (Lipinski definition) is 1. The molecule has 0 atom stereocenters. The fraction of sp³-hybridized carbons (Fsp3) is 0.462. The van der Waals surface area contributed by atoms with Crippen molar-refractivity contribution in [2.75, 3.05) is 20.2 Å². The first-order valence-electron chi connectivity index (χ1n) is 6.54. The number of aliphatic carboxylic acids is 1. The van der Waals surface area contributed by atoms with Crippen molar-refractivity contribution in [3.63, 3.8) is 0 Å². The first kappa shape index (κ1) is 17.3. The van der Waals surface area contributed by atoms with Crippen LogP contribution in [-0.4, -0.2) is 44.0 Å². The monoisotopic (exact) mass is 367 g/mol.